The van der Waals surface area contributed by atoms with Crippen LogP contribution >= 0.6 is 11.8 Å². The molecule has 11 heteroatoms. The fourth-order valence-electron chi connectivity index (χ4n) is 4.69. The largest absolute Gasteiger partial charge is 0.484 e. The molecule has 10 nitrogen and oxygen atoms in total. The van der Waals surface area contributed by atoms with Crippen molar-refractivity contribution in [2.75, 3.05) is 23.9 Å². The Labute approximate surface area is 277 Å². The summed E-state index contributed by atoms with van der Waals surface area (Å²) in [7, 11) is 1.56. The molecule has 0 aliphatic carbocycles. The van der Waals surface area contributed by atoms with Crippen molar-refractivity contribution in [1.29, 1.82) is 0 Å². The molecule has 1 saturated heterocycles. The van der Waals surface area contributed by atoms with Crippen molar-refractivity contribution in [2.24, 2.45) is 0 Å². The first kappa shape index (κ1) is 33.1. The van der Waals surface area contributed by atoms with E-state index in [9.17, 15) is 19.2 Å². The summed E-state index contributed by atoms with van der Waals surface area (Å²) >= 11 is 0.972. The summed E-state index contributed by atoms with van der Waals surface area (Å²) in [4.78, 5) is 50.6. The van der Waals surface area contributed by atoms with Gasteiger partial charge >= 0.3 is 6.09 Å². The number of rotatable bonds is 10. The van der Waals surface area contributed by atoms with E-state index in [-0.39, 0.29) is 17.8 Å². The second-order valence-corrected chi connectivity index (χ2v) is 13.0. The Kier molecular flexibility index (Phi) is 10.2. The zero-order chi connectivity index (χ0) is 33.6. The Morgan fingerprint density at radius 1 is 0.851 bits per heavy atom. The highest BCUT2D eigenvalue weighted by Gasteiger charge is 2.31. The number of ether oxygens (including phenoxy) is 3. The molecule has 1 heterocycles. The van der Waals surface area contributed by atoms with Gasteiger partial charge in [0.05, 0.1) is 16.6 Å². The average Bonchev–Trinajstić information content (AvgIpc) is 3.36. The molecule has 1 aliphatic heterocycles. The van der Waals surface area contributed by atoms with E-state index in [0.29, 0.717) is 35.0 Å². The monoisotopic (exact) mass is 653 g/mol. The Bertz CT molecular complexity index is 1770. The van der Waals surface area contributed by atoms with Crippen LogP contribution in [0, 0.1) is 0 Å². The Morgan fingerprint density at radius 3 is 2.21 bits per heavy atom. The van der Waals surface area contributed by atoms with Crippen LogP contribution in [0.25, 0.3) is 11.1 Å². The highest BCUT2D eigenvalue weighted by Crippen LogP contribution is 2.34. The van der Waals surface area contributed by atoms with Gasteiger partial charge in [0, 0.05) is 13.1 Å². The van der Waals surface area contributed by atoms with Crippen LogP contribution in [0.4, 0.5) is 21.0 Å². The zero-order valence-electron chi connectivity index (χ0n) is 26.4. The zero-order valence-corrected chi connectivity index (χ0v) is 27.3. The quantitative estimate of drug-likeness (QED) is 0.181. The molecular weight excluding hydrogens is 618 g/mol. The van der Waals surface area contributed by atoms with Gasteiger partial charge in [0.25, 0.3) is 11.1 Å². The number of amides is 4. The highest BCUT2D eigenvalue weighted by atomic mass is 32.2. The minimum atomic E-state index is -0.732. The summed E-state index contributed by atoms with van der Waals surface area (Å²) in [5.41, 5.74) is 2.88. The Balaban J connectivity index is 1.28. The molecule has 1 fully saturated rings. The number of imide groups is 1. The third-order valence-corrected chi connectivity index (χ3v) is 7.91. The van der Waals surface area contributed by atoms with E-state index < -0.39 is 22.9 Å². The van der Waals surface area contributed by atoms with Crippen LogP contribution in [0.5, 0.6) is 17.2 Å². The molecule has 47 heavy (non-hydrogen) atoms. The van der Waals surface area contributed by atoms with Gasteiger partial charge in [-0.05, 0) is 80.3 Å². The fourth-order valence-corrected chi connectivity index (χ4v) is 5.55. The predicted molar refractivity (Wildman–Crippen MR) is 182 cm³/mol. The van der Waals surface area contributed by atoms with Crippen LogP contribution in [-0.2, 0) is 20.7 Å². The minimum absolute atomic E-state index is 0.297. The molecule has 4 aromatic carbocycles. The lowest BCUT2D eigenvalue weighted by molar-refractivity contribution is -0.119. The van der Waals surface area contributed by atoms with Gasteiger partial charge in [0.15, 0.2) is 6.61 Å². The van der Waals surface area contributed by atoms with E-state index in [0.717, 1.165) is 28.5 Å². The molecule has 4 amide bonds. The maximum Gasteiger partial charge on any atom is 0.414 e. The molecule has 242 valence electrons. The fraction of sp³-hybridized carbons (Fsp3) is 0.222. The summed E-state index contributed by atoms with van der Waals surface area (Å²) in [5, 5.41) is 4.29. The molecular formula is C36H35N3O7S. The minimum Gasteiger partial charge on any atom is -0.484 e. The standard InChI is InChI=1S/C36H35N3O7S/c1-36(2,3)46-35(43)39(4)30-21-28(45-27-12-8-11-25(20-27)24-9-6-5-7-10-24)17-18-29(30)37-32(40)22-44-26-15-13-23(14-16-26)19-31-33(41)38-34(42)47-31/h5-18,20-21,31H,19,22H2,1-4H3,(H,37,40)(H,38,41,42). The summed E-state index contributed by atoms with van der Waals surface area (Å²) < 4.78 is 17.4. The van der Waals surface area contributed by atoms with Gasteiger partial charge in [-0.2, -0.15) is 0 Å². The van der Waals surface area contributed by atoms with Crippen molar-refractivity contribution in [3.8, 4) is 28.4 Å². The van der Waals surface area contributed by atoms with E-state index in [1.807, 2.05) is 54.6 Å². The van der Waals surface area contributed by atoms with Crippen LogP contribution in [0.1, 0.15) is 26.3 Å². The van der Waals surface area contributed by atoms with Gasteiger partial charge in [-0.3, -0.25) is 24.6 Å². The Hall–Kier alpha value is -5.29. The first-order valence-corrected chi connectivity index (χ1v) is 15.8. The van der Waals surface area contributed by atoms with Crippen molar-refractivity contribution in [1.82, 2.24) is 5.32 Å². The first-order chi connectivity index (χ1) is 22.4. The van der Waals surface area contributed by atoms with Gasteiger partial charge in [0.1, 0.15) is 22.8 Å². The predicted octanol–water partition coefficient (Wildman–Crippen LogP) is 7.43. The summed E-state index contributed by atoms with van der Waals surface area (Å²) in [6.07, 6.45) is -0.208. The molecule has 0 bridgehead atoms. The van der Waals surface area contributed by atoms with Crippen LogP contribution in [0.2, 0.25) is 0 Å². The van der Waals surface area contributed by atoms with E-state index >= 15 is 0 Å². The molecule has 5 rings (SSSR count). The van der Waals surface area contributed by atoms with Crippen LogP contribution in [-0.4, -0.2) is 47.7 Å². The Morgan fingerprint density at radius 2 is 1.53 bits per heavy atom. The van der Waals surface area contributed by atoms with Gasteiger partial charge in [-0.1, -0.05) is 66.4 Å². The third kappa shape index (κ3) is 9.14. The second kappa shape index (κ2) is 14.4. The number of hydrogen-bond donors (Lipinski definition) is 2. The smallest absolute Gasteiger partial charge is 0.414 e. The SMILES string of the molecule is CN(C(=O)OC(C)(C)C)c1cc(Oc2cccc(-c3ccccc3)c2)ccc1NC(=O)COc1ccc(CC2SC(=O)NC2=O)cc1. The molecule has 1 unspecified atom stereocenters. The van der Waals surface area contributed by atoms with E-state index in [2.05, 4.69) is 10.6 Å². The molecule has 2 N–H and O–H groups in total. The topological polar surface area (TPSA) is 123 Å². The lowest BCUT2D eigenvalue weighted by Gasteiger charge is -2.26. The van der Waals surface area contributed by atoms with Crippen molar-refractivity contribution in [2.45, 2.75) is 38.0 Å². The van der Waals surface area contributed by atoms with E-state index in [1.54, 1.807) is 70.3 Å². The number of nitrogens with one attached hydrogen (secondary N) is 2. The van der Waals surface area contributed by atoms with Gasteiger partial charge in [0.2, 0.25) is 5.91 Å². The van der Waals surface area contributed by atoms with E-state index in [1.165, 1.54) is 4.90 Å². The summed E-state index contributed by atoms with van der Waals surface area (Å²) in [6.45, 7) is 5.02. The van der Waals surface area contributed by atoms with Crippen molar-refractivity contribution < 1.29 is 33.4 Å². The number of nitrogens with zero attached hydrogens (tertiary/aromatic N) is 1. The van der Waals surface area contributed by atoms with Gasteiger partial charge < -0.3 is 19.5 Å². The third-order valence-electron chi connectivity index (χ3n) is 6.93. The summed E-state index contributed by atoms with van der Waals surface area (Å²) in [6, 6.07) is 29.6. The van der Waals surface area contributed by atoms with Crippen LogP contribution in [0.3, 0.4) is 0 Å². The molecule has 0 aromatic heterocycles. The maximum atomic E-state index is 13.0. The normalized spacial score (nSPS) is 14.3. The van der Waals surface area contributed by atoms with E-state index in [4.69, 9.17) is 14.2 Å². The second-order valence-electron chi connectivity index (χ2n) is 11.8. The van der Waals surface area contributed by atoms with Crippen LogP contribution < -0.4 is 25.0 Å². The average molecular weight is 654 g/mol. The van der Waals surface area contributed by atoms with Crippen molar-refractivity contribution in [3.05, 3.63) is 103 Å². The molecule has 4 aromatic rings. The number of thioether (sulfide) groups is 1. The first-order valence-electron chi connectivity index (χ1n) is 14.9. The lowest BCUT2D eigenvalue weighted by Crippen LogP contribution is -2.34. The molecule has 1 aliphatic rings. The number of benzene rings is 4. The highest BCUT2D eigenvalue weighted by molar-refractivity contribution is 8.15. The van der Waals surface area contributed by atoms with Gasteiger partial charge in [-0.15, -0.1) is 0 Å². The number of carbonyl (C=O) groups excluding carboxylic acids is 4. The number of carbonyl (C=O) groups is 4. The van der Waals surface area contributed by atoms with Crippen molar-refractivity contribution >= 4 is 46.3 Å². The molecule has 0 radical (unpaired) electrons. The van der Waals surface area contributed by atoms with Crippen molar-refractivity contribution in [3.63, 3.8) is 0 Å². The summed E-state index contributed by atoms with van der Waals surface area (Å²) in [5.74, 6) is 0.760. The number of hydrogen-bond acceptors (Lipinski definition) is 8. The molecule has 0 saturated carbocycles. The number of anilines is 2. The van der Waals surface area contributed by atoms with Gasteiger partial charge in [-0.25, -0.2) is 4.79 Å². The lowest BCUT2D eigenvalue weighted by atomic mass is 10.1. The molecule has 0 spiro atoms. The molecule has 1 atom stereocenters. The maximum absolute atomic E-state index is 13.0. The van der Waals surface area contributed by atoms with Crippen LogP contribution in [0.15, 0.2) is 97.1 Å².